The predicted octanol–water partition coefficient (Wildman–Crippen LogP) is -4.53. The van der Waals surface area contributed by atoms with Crippen molar-refractivity contribution in [3.63, 3.8) is 0 Å². The SMILES string of the molecule is O=C(CO)C(O)C(O)C(O)COP(=O)([O-])[O-].[Zn+2]. The number of carbonyl (C=O) groups is 1. The summed E-state index contributed by atoms with van der Waals surface area (Å²) in [6, 6.07) is 0. The van der Waals surface area contributed by atoms with E-state index in [1.807, 2.05) is 0 Å². The zero-order chi connectivity index (χ0) is 12.9. The summed E-state index contributed by atoms with van der Waals surface area (Å²) in [5.74, 6) is -1.17. The molecule has 0 radical (unpaired) electrons. The molecule has 96 valence electrons. The minimum absolute atomic E-state index is 0. The van der Waals surface area contributed by atoms with Crippen molar-refractivity contribution in [2.45, 2.75) is 18.3 Å². The summed E-state index contributed by atoms with van der Waals surface area (Å²) in [6.07, 6.45) is -6.12. The maximum absolute atomic E-state index is 10.7. The van der Waals surface area contributed by atoms with Gasteiger partial charge in [0.1, 0.15) is 24.9 Å². The molecule has 0 amide bonds. The van der Waals surface area contributed by atoms with Gasteiger partial charge >= 0.3 is 19.5 Å². The van der Waals surface area contributed by atoms with Crippen molar-refractivity contribution in [2.75, 3.05) is 13.2 Å². The van der Waals surface area contributed by atoms with Gasteiger partial charge in [-0.3, -0.25) is 4.79 Å². The second-order valence-corrected chi connectivity index (χ2v) is 4.02. The molecule has 0 aliphatic heterocycles. The molecule has 0 aromatic heterocycles. The molecule has 3 unspecified atom stereocenters. The second kappa shape index (κ2) is 8.36. The number of ketones is 1. The van der Waals surface area contributed by atoms with Crippen LogP contribution in [0.1, 0.15) is 0 Å². The molecule has 0 spiro atoms. The quantitative estimate of drug-likeness (QED) is 0.266. The van der Waals surface area contributed by atoms with Gasteiger partial charge in [-0.1, -0.05) is 0 Å². The molecule has 0 saturated heterocycles. The third-order valence-electron chi connectivity index (χ3n) is 1.61. The topological polar surface area (TPSA) is 170 Å². The van der Waals surface area contributed by atoms with Crippen molar-refractivity contribution in [2.24, 2.45) is 0 Å². The maximum Gasteiger partial charge on any atom is 2.00 e. The van der Waals surface area contributed by atoms with E-state index in [0.717, 1.165) is 0 Å². The Hall–Kier alpha value is 0.243. The number of hydrogen-bond acceptors (Lipinski definition) is 9. The maximum atomic E-state index is 10.7. The van der Waals surface area contributed by atoms with Crippen LogP contribution in [0.25, 0.3) is 0 Å². The molecule has 0 rings (SSSR count). The number of hydrogen-bond donors (Lipinski definition) is 4. The van der Waals surface area contributed by atoms with Crippen LogP contribution in [0.2, 0.25) is 0 Å². The van der Waals surface area contributed by atoms with Crippen LogP contribution in [0.15, 0.2) is 0 Å². The van der Waals surface area contributed by atoms with Crippen LogP contribution in [-0.2, 0) is 33.4 Å². The van der Waals surface area contributed by atoms with Gasteiger partial charge in [0.05, 0.1) is 14.4 Å². The number of aliphatic hydroxyl groups is 4. The van der Waals surface area contributed by atoms with E-state index < -0.39 is 45.1 Å². The average Bonchev–Trinajstić information content (AvgIpc) is 2.21. The Morgan fingerprint density at radius 2 is 1.76 bits per heavy atom. The first-order chi connectivity index (χ1) is 7.19. The van der Waals surface area contributed by atoms with Crippen LogP contribution in [0.4, 0.5) is 0 Å². The monoisotopic (exact) mass is 322 g/mol. The first-order valence-corrected chi connectivity index (χ1v) is 5.49. The standard InChI is InChI=1S/C6H13O9P.Zn/c7-1-3(8)5(10)6(11)4(9)2-15-16(12,13)14;/h4-7,9-11H,1-2H2,(H2,12,13,14);/q;+2/p-2. The van der Waals surface area contributed by atoms with Gasteiger partial charge in [-0.15, -0.1) is 0 Å². The molecular weight excluding hydrogens is 312 g/mol. The van der Waals surface area contributed by atoms with Gasteiger partial charge < -0.3 is 39.3 Å². The van der Waals surface area contributed by atoms with Gasteiger partial charge in [0.15, 0.2) is 5.78 Å². The molecule has 0 aromatic rings. The molecule has 0 aromatic carbocycles. The number of carbonyl (C=O) groups excluding carboxylic acids is 1. The number of Topliss-reactive ketones (excluding diaryl/α,β-unsaturated/α-hetero) is 1. The van der Waals surface area contributed by atoms with E-state index in [0.29, 0.717) is 0 Å². The Labute approximate surface area is 109 Å². The Morgan fingerprint density at radius 1 is 1.29 bits per heavy atom. The van der Waals surface area contributed by atoms with Gasteiger partial charge in [-0.2, -0.15) is 0 Å². The van der Waals surface area contributed by atoms with Gasteiger partial charge in [-0.25, -0.2) is 0 Å². The molecule has 9 nitrogen and oxygen atoms in total. The fourth-order valence-corrected chi connectivity index (χ4v) is 1.10. The molecule has 0 bridgehead atoms. The van der Waals surface area contributed by atoms with Crippen molar-refractivity contribution < 1.29 is 63.6 Å². The molecule has 0 aliphatic rings. The largest absolute Gasteiger partial charge is 2.00 e. The van der Waals surface area contributed by atoms with E-state index in [1.165, 1.54) is 0 Å². The fraction of sp³-hybridized carbons (Fsp3) is 0.833. The molecule has 0 aliphatic carbocycles. The molecule has 3 atom stereocenters. The molecule has 11 heteroatoms. The average molecular weight is 324 g/mol. The number of phosphoric ester groups is 1. The number of phosphoric acid groups is 1. The summed E-state index contributed by atoms with van der Waals surface area (Å²) in [5.41, 5.74) is 0. The summed E-state index contributed by atoms with van der Waals surface area (Å²) < 4.78 is 13.6. The summed E-state index contributed by atoms with van der Waals surface area (Å²) in [7, 11) is -5.31. The smallest absolute Gasteiger partial charge is 0.790 e. The normalized spacial score (nSPS) is 16.8. The zero-order valence-corrected chi connectivity index (χ0v) is 12.5. The molecule has 0 saturated carbocycles. The molecule has 4 N–H and O–H groups in total. The van der Waals surface area contributed by atoms with Crippen molar-refractivity contribution in [1.82, 2.24) is 0 Å². The van der Waals surface area contributed by atoms with Crippen LogP contribution >= 0.6 is 7.82 Å². The Bertz CT molecular complexity index is 279. The van der Waals surface area contributed by atoms with Crippen LogP contribution in [0.3, 0.4) is 0 Å². The van der Waals surface area contributed by atoms with Crippen molar-refractivity contribution >= 4 is 13.6 Å². The summed E-state index contributed by atoms with van der Waals surface area (Å²) >= 11 is 0. The Morgan fingerprint density at radius 3 is 2.12 bits per heavy atom. The third-order valence-corrected chi connectivity index (χ3v) is 2.07. The van der Waals surface area contributed by atoms with E-state index in [9.17, 15) is 19.1 Å². The zero-order valence-electron chi connectivity index (χ0n) is 8.63. The minimum Gasteiger partial charge on any atom is -0.790 e. The first-order valence-electron chi connectivity index (χ1n) is 4.03. The third kappa shape index (κ3) is 8.04. The number of aliphatic hydroxyl groups excluding tert-OH is 4. The van der Waals surface area contributed by atoms with E-state index in [2.05, 4.69) is 4.52 Å². The second-order valence-electron chi connectivity index (χ2n) is 2.87. The fourth-order valence-electron chi connectivity index (χ4n) is 0.761. The van der Waals surface area contributed by atoms with Crippen LogP contribution in [0.5, 0.6) is 0 Å². The minimum atomic E-state index is -5.31. The van der Waals surface area contributed by atoms with Crippen LogP contribution < -0.4 is 9.79 Å². The van der Waals surface area contributed by atoms with Crippen LogP contribution in [-0.4, -0.2) is 57.7 Å². The molecule has 17 heavy (non-hydrogen) atoms. The van der Waals surface area contributed by atoms with Gasteiger partial charge in [0.25, 0.3) is 0 Å². The van der Waals surface area contributed by atoms with Crippen molar-refractivity contribution in [3.05, 3.63) is 0 Å². The predicted molar refractivity (Wildman–Crippen MR) is 43.7 cm³/mol. The summed E-state index contributed by atoms with van der Waals surface area (Å²) in [4.78, 5) is 30.7. The van der Waals surface area contributed by atoms with Gasteiger partial charge in [-0.05, 0) is 0 Å². The Balaban J connectivity index is 0. The summed E-state index contributed by atoms with van der Waals surface area (Å²) in [5, 5.41) is 35.4. The van der Waals surface area contributed by atoms with Crippen LogP contribution in [0, 0.1) is 0 Å². The molecule has 0 heterocycles. The van der Waals surface area contributed by atoms with Gasteiger partial charge in [0, 0.05) is 0 Å². The molecule has 0 fully saturated rings. The van der Waals surface area contributed by atoms with E-state index >= 15 is 0 Å². The van der Waals surface area contributed by atoms with Crippen molar-refractivity contribution in [1.29, 1.82) is 0 Å². The Kier molecular flexibility index (Phi) is 9.63. The van der Waals surface area contributed by atoms with Gasteiger partial charge in [0.2, 0.25) is 0 Å². The first kappa shape index (κ1) is 19.6. The van der Waals surface area contributed by atoms with E-state index in [-0.39, 0.29) is 19.5 Å². The molecular formula is C6H11O9PZn. The van der Waals surface area contributed by atoms with E-state index in [4.69, 9.17) is 20.4 Å². The van der Waals surface area contributed by atoms with Crippen molar-refractivity contribution in [3.8, 4) is 0 Å². The number of rotatable bonds is 7. The summed E-state index contributed by atoms with van der Waals surface area (Å²) in [6.45, 7) is -2.16. The van der Waals surface area contributed by atoms with E-state index in [1.54, 1.807) is 0 Å².